The van der Waals surface area contributed by atoms with Crippen molar-refractivity contribution in [3.8, 4) is 0 Å². The standard InChI is InChI=1S/C11H15N3O4/c1-7(2)6-13(3)10-9(14(17)18)5-4-8(12-10)11(15)16/h4-5,7H,6H2,1-3H3,(H,15,16). The molecule has 1 heterocycles. The van der Waals surface area contributed by atoms with Gasteiger partial charge >= 0.3 is 11.7 Å². The van der Waals surface area contributed by atoms with Gasteiger partial charge in [-0.25, -0.2) is 9.78 Å². The smallest absolute Gasteiger partial charge is 0.354 e. The fraction of sp³-hybridized carbons (Fsp3) is 0.455. The van der Waals surface area contributed by atoms with Gasteiger partial charge in [-0.2, -0.15) is 0 Å². The van der Waals surface area contributed by atoms with Crippen LogP contribution in [0, 0.1) is 16.0 Å². The van der Waals surface area contributed by atoms with Gasteiger partial charge in [-0.15, -0.1) is 0 Å². The molecule has 7 nitrogen and oxygen atoms in total. The maximum absolute atomic E-state index is 10.9. The first-order valence-corrected chi connectivity index (χ1v) is 5.42. The normalized spacial score (nSPS) is 10.4. The third-order valence-electron chi connectivity index (χ3n) is 2.27. The third kappa shape index (κ3) is 3.16. The number of aromatic nitrogens is 1. The Labute approximate surface area is 104 Å². The van der Waals surface area contributed by atoms with E-state index in [-0.39, 0.29) is 23.1 Å². The molecule has 0 aliphatic heterocycles. The predicted molar refractivity (Wildman–Crippen MR) is 66.0 cm³/mol. The van der Waals surface area contributed by atoms with Gasteiger partial charge in [0.2, 0.25) is 5.82 Å². The minimum absolute atomic E-state index is 0.0774. The molecule has 0 atom stereocenters. The van der Waals surface area contributed by atoms with E-state index in [2.05, 4.69) is 4.98 Å². The molecule has 0 saturated heterocycles. The van der Waals surface area contributed by atoms with Crippen LogP contribution >= 0.6 is 0 Å². The van der Waals surface area contributed by atoms with E-state index in [1.54, 1.807) is 11.9 Å². The van der Waals surface area contributed by atoms with Crippen molar-refractivity contribution in [2.45, 2.75) is 13.8 Å². The molecule has 7 heteroatoms. The average Bonchev–Trinajstić information content (AvgIpc) is 2.26. The van der Waals surface area contributed by atoms with Crippen LogP contribution in [0.15, 0.2) is 12.1 Å². The molecule has 0 aromatic carbocycles. The number of carbonyl (C=O) groups is 1. The number of rotatable bonds is 5. The van der Waals surface area contributed by atoms with E-state index in [1.807, 2.05) is 13.8 Å². The van der Waals surface area contributed by atoms with Crippen LogP contribution in [0.4, 0.5) is 11.5 Å². The van der Waals surface area contributed by atoms with Crippen LogP contribution in [0.2, 0.25) is 0 Å². The predicted octanol–water partition coefficient (Wildman–Crippen LogP) is 1.78. The second-order valence-corrected chi connectivity index (χ2v) is 4.38. The lowest BCUT2D eigenvalue weighted by atomic mass is 10.2. The Balaban J connectivity index is 3.22. The number of carboxylic acids is 1. The van der Waals surface area contributed by atoms with Crippen LogP contribution in [0.3, 0.4) is 0 Å². The van der Waals surface area contributed by atoms with Crippen LogP contribution < -0.4 is 4.90 Å². The number of nitro groups is 1. The van der Waals surface area contributed by atoms with Gasteiger partial charge in [0.05, 0.1) is 4.92 Å². The highest BCUT2D eigenvalue weighted by Gasteiger charge is 2.21. The fourth-order valence-corrected chi connectivity index (χ4v) is 1.62. The zero-order chi connectivity index (χ0) is 13.9. The molecule has 0 radical (unpaired) electrons. The lowest BCUT2D eigenvalue weighted by molar-refractivity contribution is -0.384. The minimum atomic E-state index is -1.20. The minimum Gasteiger partial charge on any atom is -0.477 e. The zero-order valence-electron chi connectivity index (χ0n) is 10.5. The molecular weight excluding hydrogens is 238 g/mol. The molecular formula is C11H15N3O4. The average molecular weight is 253 g/mol. The lowest BCUT2D eigenvalue weighted by Gasteiger charge is -2.20. The molecule has 0 spiro atoms. The van der Waals surface area contributed by atoms with Crippen LogP contribution in [0.1, 0.15) is 24.3 Å². The van der Waals surface area contributed by atoms with Crippen LogP contribution in [0.5, 0.6) is 0 Å². The summed E-state index contributed by atoms with van der Waals surface area (Å²) in [7, 11) is 1.65. The number of hydrogen-bond donors (Lipinski definition) is 1. The molecule has 0 fully saturated rings. The summed E-state index contributed by atoms with van der Waals surface area (Å²) in [4.78, 5) is 26.6. The molecule has 1 N–H and O–H groups in total. The Morgan fingerprint density at radius 3 is 2.61 bits per heavy atom. The van der Waals surface area contributed by atoms with E-state index in [1.165, 1.54) is 6.07 Å². The summed E-state index contributed by atoms with van der Waals surface area (Å²) in [6.07, 6.45) is 0. The Hall–Kier alpha value is -2.18. The number of hydrogen-bond acceptors (Lipinski definition) is 5. The summed E-state index contributed by atoms with van der Waals surface area (Å²) >= 11 is 0. The SMILES string of the molecule is CC(C)CN(C)c1nc(C(=O)O)ccc1[N+](=O)[O-]. The quantitative estimate of drug-likeness (QED) is 0.634. The van der Waals surface area contributed by atoms with Crippen molar-refractivity contribution < 1.29 is 14.8 Å². The number of carboxylic acid groups (broad SMARTS) is 1. The second kappa shape index (κ2) is 5.44. The third-order valence-corrected chi connectivity index (χ3v) is 2.27. The van der Waals surface area contributed by atoms with Crippen LogP contribution in [-0.4, -0.2) is 34.6 Å². The van der Waals surface area contributed by atoms with E-state index in [0.717, 1.165) is 6.07 Å². The van der Waals surface area contributed by atoms with Crippen molar-refractivity contribution in [1.29, 1.82) is 0 Å². The van der Waals surface area contributed by atoms with Gasteiger partial charge in [-0.3, -0.25) is 10.1 Å². The molecule has 1 aromatic heterocycles. The first-order valence-electron chi connectivity index (χ1n) is 5.42. The highest BCUT2D eigenvalue weighted by molar-refractivity contribution is 5.86. The molecule has 0 aliphatic carbocycles. The van der Waals surface area contributed by atoms with Crippen molar-refractivity contribution >= 4 is 17.5 Å². The molecule has 0 unspecified atom stereocenters. The molecule has 0 amide bonds. The van der Waals surface area contributed by atoms with Gasteiger partial charge in [-0.05, 0) is 12.0 Å². The first kappa shape index (κ1) is 13.9. The maximum Gasteiger partial charge on any atom is 0.354 e. The maximum atomic E-state index is 10.9. The van der Waals surface area contributed by atoms with Gasteiger partial charge in [-0.1, -0.05) is 13.8 Å². The molecule has 0 aliphatic rings. The van der Waals surface area contributed by atoms with Gasteiger partial charge in [0.15, 0.2) is 5.69 Å². The second-order valence-electron chi connectivity index (χ2n) is 4.38. The first-order chi connectivity index (χ1) is 8.32. The molecule has 0 saturated carbocycles. The van der Waals surface area contributed by atoms with Crippen molar-refractivity contribution in [3.63, 3.8) is 0 Å². The van der Waals surface area contributed by atoms with E-state index in [9.17, 15) is 14.9 Å². The van der Waals surface area contributed by atoms with Gasteiger partial charge in [0.1, 0.15) is 0 Å². The Bertz CT molecular complexity index is 473. The molecule has 0 bridgehead atoms. The Morgan fingerprint density at radius 1 is 1.56 bits per heavy atom. The van der Waals surface area contributed by atoms with Crippen LogP contribution in [-0.2, 0) is 0 Å². The number of anilines is 1. The van der Waals surface area contributed by atoms with Gasteiger partial charge in [0, 0.05) is 19.7 Å². The molecule has 98 valence electrons. The molecule has 1 rings (SSSR count). The van der Waals surface area contributed by atoms with E-state index in [0.29, 0.717) is 6.54 Å². The fourth-order valence-electron chi connectivity index (χ4n) is 1.62. The number of nitrogens with zero attached hydrogens (tertiary/aromatic N) is 3. The summed E-state index contributed by atoms with van der Waals surface area (Å²) in [5, 5.41) is 19.7. The highest BCUT2D eigenvalue weighted by atomic mass is 16.6. The summed E-state index contributed by atoms with van der Waals surface area (Å²) in [6, 6.07) is 2.30. The largest absolute Gasteiger partial charge is 0.477 e. The van der Waals surface area contributed by atoms with E-state index < -0.39 is 10.9 Å². The summed E-state index contributed by atoms with van der Waals surface area (Å²) < 4.78 is 0. The van der Waals surface area contributed by atoms with Gasteiger partial charge in [0.25, 0.3) is 0 Å². The van der Waals surface area contributed by atoms with Crippen molar-refractivity contribution in [3.05, 3.63) is 27.9 Å². The summed E-state index contributed by atoms with van der Waals surface area (Å²) in [5.41, 5.74) is -0.394. The Morgan fingerprint density at radius 2 is 2.17 bits per heavy atom. The summed E-state index contributed by atoms with van der Waals surface area (Å²) in [5.74, 6) is -0.845. The molecule has 18 heavy (non-hydrogen) atoms. The summed E-state index contributed by atoms with van der Waals surface area (Å²) in [6.45, 7) is 4.48. The highest BCUT2D eigenvalue weighted by Crippen LogP contribution is 2.25. The van der Waals surface area contributed by atoms with Crippen molar-refractivity contribution in [2.75, 3.05) is 18.5 Å². The van der Waals surface area contributed by atoms with Crippen LogP contribution in [0.25, 0.3) is 0 Å². The van der Waals surface area contributed by atoms with Gasteiger partial charge < -0.3 is 10.0 Å². The monoisotopic (exact) mass is 253 g/mol. The number of pyridine rings is 1. The topological polar surface area (TPSA) is 96.6 Å². The van der Waals surface area contributed by atoms with Crippen molar-refractivity contribution in [2.24, 2.45) is 5.92 Å². The van der Waals surface area contributed by atoms with E-state index in [4.69, 9.17) is 5.11 Å². The Kier molecular flexibility index (Phi) is 4.19. The van der Waals surface area contributed by atoms with E-state index >= 15 is 0 Å². The zero-order valence-corrected chi connectivity index (χ0v) is 10.5. The van der Waals surface area contributed by atoms with Crippen molar-refractivity contribution in [1.82, 2.24) is 4.98 Å². The molecule has 1 aromatic rings. The lowest BCUT2D eigenvalue weighted by Crippen LogP contribution is -2.25. The number of aromatic carboxylic acids is 1.